The number of imide groups is 2. The Balaban J connectivity index is 1.73. The number of carbonyl (C=O) groups excluding carboxylic acids is 3. The highest BCUT2D eigenvalue weighted by atomic mass is 35.5. The monoisotopic (exact) mass is 497 g/mol. The van der Waals surface area contributed by atoms with E-state index in [0.29, 0.717) is 17.2 Å². The average Bonchev–Trinajstić information content (AvgIpc) is 3.06. The summed E-state index contributed by atoms with van der Waals surface area (Å²) in [6.45, 7) is 6.32. The number of halogens is 2. The van der Waals surface area contributed by atoms with Gasteiger partial charge < -0.3 is 9.30 Å². The van der Waals surface area contributed by atoms with E-state index < -0.39 is 17.8 Å². The molecule has 34 heavy (non-hydrogen) atoms. The number of amides is 4. The Bertz CT molecular complexity index is 1340. The van der Waals surface area contributed by atoms with Gasteiger partial charge in [0.2, 0.25) is 0 Å². The lowest BCUT2D eigenvalue weighted by Crippen LogP contribution is -2.54. The number of hydrogen-bond acceptors (Lipinski definition) is 4. The first-order chi connectivity index (χ1) is 16.2. The smallest absolute Gasteiger partial charge is 0.335 e. The van der Waals surface area contributed by atoms with E-state index in [4.69, 9.17) is 27.9 Å². The first-order valence-corrected chi connectivity index (χ1v) is 11.3. The number of barbiturate groups is 1. The molecule has 0 aliphatic carbocycles. The van der Waals surface area contributed by atoms with Crippen LogP contribution in [0.25, 0.3) is 11.8 Å². The second kappa shape index (κ2) is 9.37. The van der Waals surface area contributed by atoms with Crippen LogP contribution < -0.4 is 15.0 Å². The van der Waals surface area contributed by atoms with Crippen LogP contribution in [0.1, 0.15) is 23.9 Å². The number of aromatic nitrogens is 1. The van der Waals surface area contributed by atoms with Crippen LogP contribution in [-0.2, 0) is 9.59 Å². The highest BCUT2D eigenvalue weighted by molar-refractivity contribution is 6.42. The van der Waals surface area contributed by atoms with E-state index in [2.05, 4.69) is 5.32 Å². The summed E-state index contributed by atoms with van der Waals surface area (Å²) in [5.41, 5.74) is 3.26. The number of nitrogens with zero attached hydrogens (tertiary/aromatic N) is 2. The number of rotatable bonds is 5. The fraction of sp³-hybridized carbons (Fsp3) is 0.160. The van der Waals surface area contributed by atoms with Crippen molar-refractivity contribution in [2.45, 2.75) is 20.8 Å². The SMILES string of the molecule is CCOc1ccc(-n2c(C)cc(/C=C3\C(=O)NC(=O)N(c4ccc(Cl)cc4Cl)C3=O)c2C)cc1. The fourth-order valence-electron chi connectivity index (χ4n) is 3.88. The van der Waals surface area contributed by atoms with Gasteiger partial charge in [-0.15, -0.1) is 0 Å². The van der Waals surface area contributed by atoms with Gasteiger partial charge in [0.05, 0.1) is 17.3 Å². The van der Waals surface area contributed by atoms with Gasteiger partial charge in [0.1, 0.15) is 11.3 Å². The van der Waals surface area contributed by atoms with Crippen molar-refractivity contribution in [3.63, 3.8) is 0 Å². The average molecular weight is 498 g/mol. The summed E-state index contributed by atoms with van der Waals surface area (Å²) < 4.78 is 7.51. The number of anilines is 1. The molecule has 174 valence electrons. The predicted octanol–water partition coefficient (Wildman–Crippen LogP) is 5.47. The van der Waals surface area contributed by atoms with Crippen LogP contribution in [0.15, 0.2) is 54.1 Å². The van der Waals surface area contributed by atoms with Crippen molar-refractivity contribution in [3.8, 4) is 11.4 Å². The Labute approximate surface area is 206 Å². The molecule has 7 nitrogen and oxygen atoms in total. The minimum atomic E-state index is -0.878. The number of hydrogen-bond donors (Lipinski definition) is 1. The van der Waals surface area contributed by atoms with Crippen LogP contribution >= 0.6 is 23.2 Å². The maximum absolute atomic E-state index is 13.2. The minimum absolute atomic E-state index is 0.110. The Morgan fingerprint density at radius 2 is 1.71 bits per heavy atom. The van der Waals surface area contributed by atoms with Crippen LogP contribution in [0.4, 0.5) is 10.5 Å². The second-order valence-electron chi connectivity index (χ2n) is 7.64. The lowest BCUT2D eigenvalue weighted by atomic mass is 10.1. The van der Waals surface area contributed by atoms with E-state index in [0.717, 1.165) is 27.7 Å². The number of nitrogens with one attached hydrogen (secondary N) is 1. The Morgan fingerprint density at radius 3 is 2.35 bits per heavy atom. The van der Waals surface area contributed by atoms with E-state index >= 15 is 0 Å². The number of ether oxygens (including phenoxy) is 1. The molecule has 1 aliphatic heterocycles. The van der Waals surface area contributed by atoms with E-state index in [1.165, 1.54) is 24.3 Å². The van der Waals surface area contributed by atoms with Crippen molar-refractivity contribution >= 4 is 52.8 Å². The maximum Gasteiger partial charge on any atom is 0.335 e. The molecule has 1 saturated heterocycles. The van der Waals surface area contributed by atoms with E-state index in [-0.39, 0.29) is 16.3 Å². The second-order valence-corrected chi connectivity index (χ2v) is 8.49. The molecular weight excluding hydrogens is 477 g/mol. The van der Waals surface area contributed by atoms with Gasteiger partial charge in [-0.25, -0.2) is 9.69 Å². The summed E-state index contributed by atoms with van der Waals surface area (Å²) >= 11 is 12.1. The van der Waals surface area contributed by atoms with Gasteiger partial charge in [-0.2, -0.15) is 0 Å². The minimum Gasteiger partial charge on any atom is -0.494 e. The van der Waals surface area contributed by atoms with Gasteiger partial charge >= 0.3 is 6.03 Å². The van der Waals surface area contributed by atoms with E-state index in [1.54, 1.807) is 0 Å². The van der Waals surface area contributed by atoms with Gasteiger partial charge in [-0.05, 0) is 80.9 Å². The summed E-state index contributed by atoms with van der Waals surface area (Å²) in [6.07, 6.45) is 1.48. The number of benzene rings is 2. The first kappa shape index (κ1) is 23.6. The Kier molecular flexibility index (Phi) is 6.50. The van der Waals surface area contributed by atoms with Gasteiger partial charge in [0.25, 0.3) is 11.8 Å². The van der Waals surface area contributed by atoms with Crippen molar-refractivity contribution in [2.24, 2.45) is 0 Å². The van der Waals surface area contributed by atoms with E-state index in [1.807, 2.05) is 55.7 Å². The molecule has 1 N–H and O–H groups in total. The van der Waals surface area contributed by atoms with Crippen LogP contribution in [0, 0.1) is 13.8 Å². The topological polar surface area (TPSA) is 80.6 Å². The molecule has 0 radical (unpaired) electrons. The third-order valence-corrected chi connectivity index (χ3v) is 5.97. The summed E-state index contributed by atoms with van der Waals surface area (Å²) in [6, 6.07) is 13.0. The van der Waals surface area contributed by atoms with Crippen molar-refractivity contribution < 1.29 is 19.1 Å². The van der Waals surface area contributed by atoms with Crippen LogP contribution in [-0.4, -0.2) is 29.0 Å². The van der Waals surface area contributed by atoms with Crippen molar-refractivity contribution in [1.82, 2.24) is 9.88 Å². The van der Waals surface area contributed by atoms with Crippen molar-refractivity contribution in [2.75, 3.05) is 11.5 Å². The predicted molar refractivity (Wildman–Crippen MR) is 132 cm³/mol. The molecule has 9 heteroatoms. The third kappa shape index (κ3) is 4.32. The summed E-state index contributed by atoms with van der Waals surface area (Å²) in [5, 5.41) is 2.67. The first-order valence-electron chi connectivity index (χ1n) is 10.5. The zero-order chi connectivity index (χ0) is 24.6. The Hall–Kier alpha value is -3.55. The zero-order valence-electron chi connectivity index (χ0n) is 18.7. The van der Waals surface area contributed by atoms with Gasteiger partial charge in [0, 0.05) is 22.1 Å². The molecule has 2 heterocycles. The molecule has 3 aromatic rings. The van der Waals surface area contributed by atoms with E-state index in [9.17, 15) is 14.4 Å². The molecule has 1 aliphatic rings. The molecule has 0 saturated carbocycles. The largest absolute Gasteiger partial charge is 0.494 e. The summed E-state index contributed by atoms with van der Waals surface area (Å²) in [7, 11) is 0. The highest BCUT2D eigenvalue weighted by Gasteiger charge is 2.38. The molecule has 1 aromatic heterocycles. The van der Waals surface area contributed by atoms with Gasteiger partial charge in [0.15, 0.2) is 0 Å². The highest BCUT2D eigenvalue weighted by Crippen LogP contribution is 2.32. The molecule has 1 fully saturated rings. The lowest BCUT2D eigenvalue weighted by molar-refractivity contribution is -0.122. The summed E-state index contributed by atoms with van der Waals surface area (Å²) in [5.74, 6) is -0.780. The quantitative estimate of drug-likeness (QED) is 0.374. The molecule has 0 atom stereocenters. The standard InChI is InChI=1S/C25H21Cl2N3O4/c1-4-34-19-8-6-18(7-9-19)29-14(2)11-16(15(29)3)12-20-23(31)28-25(33)30(24(20)32)22-10-5-17(26)13-21(22)27/h5-13H,4H2,1-3H3,(H,28,31,33)/b20-12+. The maximum atomic E-state index is 13.2. The molecule has 4 rings (SSSR count). The molecular formula is C25H21Cl2N3O4. The molecule has 0 bridgehead atoms. The summed E-state index contributed by atoms with van der Waals surface area (Å²) in [4.78, 5) is 39.1. The van der Waals surface area contributed by atoms with Crippen LogP contribution in [0.5, 0.6) is 5.75 Å². The molecule has 0 spiro atoms. The van der Waals surface area contributed by atoms with Crippen molar-refractivity contribution in [3.05, 3.63) is 81.1 Å². The van der Waals surface area contributed by atoms with Crippen molar-refractivity contribution in [1.29, 1.82) is 0 Å². The molecule has 2 aromatic carbocycles. The zero-order valence-corrected chi connectivity index (χ0v) is 20.2. The van der Waals surface area contributed by atoms with Gasteiger partial charge in [-0.1, -0.05) is 23.2 Å². The normalized spacial score (nSPS) is 15.1. The lowest BCUT2D eigenvalue weighted by Gasteiger charge is -2.27. The molecule has 4 amide bonds. The van der Waals surface area contributed by atoms with Crippen LogP contribution in [0.2, 0.25) is 10.0 Å². The fourth-order valence-corrected chi connectivity index (χ4v) is 4.38. The van der Waals surface area contributed by atoms with Crippen LogP contribution in [0.3, 0.4) is 0 Å². The third-order valence-electron chi connectivity index (χ3n) is 5.43. The van der Waals surface area contributed by atoms with Gasteiger partial charge in [-0.3, -0.25) is 14.9 Å². The molecule has 0 unspecified atom stereocenters. The number of urea groups is 1. The Morgan fingerprint density at radius 1 is 1.00 bits per heavy atom. The number of aryl methyl sites for hydroxylation is 1. The number of carbonyl (C=O) groups is 3.